The second-order valence-electron chi connectivity index (χ2n) is 6.08. The van der Waals surface area contributed by atoms with E-state index in [1.165, 1.54) is 6.20 Å². The zero-order valence-corrected chi connectivity index (χ0v) is 13.6. The minimum absolute atomic E-state index is 0.0521. The molecule has 1 aliphatic heterocycles. The average molecular weight is 328 g/mol. The number of aliphatic carboxylic acids is 2. The molecule has 0 saturated carbocycles. The first-order valence-electron chi connectivity index (χ1n) is 8.00. The summed E-state index contributed by atoms with van der Waals surface area (Å²) in [6.07, 6.45) is 2.45. The zero-order chi connectivity index (χ0) is 17.5. The van der Waals surface area contributed by atoms with Gasteiger partial charge in [0.15, 0.2) is 0 Å². The Kier molecular flexibility index (Phi) is 3.83. The van der Waals surface area contributed by atoms with E-state index in [0.29, 0.717) is 18.5 Å². The maximum absolute atomic E-state index is 11.9. The van der Waals surface area contributed by atoms with Crippen molar-refractivity contribution in [3.8, 4) is 0 Å². The fourth-order valence-electron chi connectivity index (χ4n) is 3.89. The standard InChI is InChI=1S/C18H20N2O4/c1-3-18(4-2)13-10-7-5-6-8-12(10)20-14(13)11(16(21)22)9-19-15(18)17(23)24/h5-9,15,19-20H,3-4H2,1-2H3,(H,21,22)(H,23,24). The lowest BCUT2D eigenvalue weighted by molar-refractivity contribution is -0.141. The smallest absolute Gasteiger partial charge is 0.339 e. The van der Waals surface area contributed by atoms with Gasteiger partial charge in [-0.3, -0.25) is 0 Å². The van der Waals surface area contributed by atoms with E-state index in [-0.39, 0.29) is 5.57 Å². The minimum Gasteiger partial charge on any atom is -0.480 e. The highest BCUT2D eigenvalue weighted by molar-refractivity contribution is 6.17. The van der Waals surface area contributed by atoms with Crippen LogP contribution in [-0.4, -0.2) is 33.2 Å². The van der Waals surface area contributed by atoms with E-state index in [1.807, 2.05) is 38.1 Å². The average Bonchev–Trinajstić information content (AvgIpc) is 2.86. The molecule has 1 aromatic heterocycles. The predicted molar refractivity (Wildman–Crippen MR) is 90.7 cm³/mol. The Labute approximate surface area is 139 Å². The SMILES string of the molecule is CCC1(CC)c2c([nH]c3ccccc23)C(C(=O)O)=CNC1C(=O)O. The Balaban J connectivity index is 2.44. The molecule has 0 fully saturated rings. The molecule has 1 unspecified atom stereocenters. The molecule has 1 aromatic carbocycles. The van der Waals surface area contributed by atoms with Crippen LogP contribution in [0, 0.1) is 0 Å². The summed E-state index contributed by atoms with van der Waals surface area (Å²) >= 11 is 0. The van der Waals surface area contributed by atoms with Crippen LogP contribution >= 0.6 is 0 Å². The molecule has 6 heteroatoms. The largest absolute Gasteiger partial charge is 0.480 e. The highest BCUT2D eigenvalue weighted by Crippen LogP contribution is 2.45. The van der Waals surface area contributed by atoms with Gasteiger partial charge in [0, 0.05) is 22.5 Å². The topological polar surface area (TPSA) is 102 Å². The van der Waals surface area contributed by atoms with Crippen LogP contribution in [0.15, 0.2) is 30.5 Å². The first-order valence-corrected chi connectivity index (χ1v) is 8.00. The number of fused-ring (bicyclic) bond motifs is 3. The monoisotopic (exact) mass is 328 g/mol. The van der Waals surface area contributed by atoms with Crippen LogP contribution in [-0.2, 0) is 15.0 Å². The Hall–Kier alpha value is -2.76. The number of benzene rings is 1. The molecule has 0 spiro atoms. The molecular weight excluding hydrogens is 308 g/mol. The third kappa shape index (κ3) is 2.10. The van der Waals surface area contributed by atoms with Gasteiger partial charge in [0.25, 0.3) is 0 Å². The summed E-state index contributed by atoms with van der Waals surface area (Å²) in [5.41, 5.74) is 1.41. The van der Waals surface area contributed by atoms with Gasteiger partial charge in [-0.05, 0) is 24.5 Å². The van der Waals surface area contributed by atoms with Crippen LogP contribution in [0.5, 0.6) is 0 Å². The number of hydrogen-bond acceptors (Lipinski definition) is 3. The molecular formula is C18H20N2O4. The van der Waals surface area contributed by atoms with Crippen molar-refractivity contribution >= 4 is 28.4 Å². The van der Waals surface area contributed by atoms with Gasteiger partial charge in [-0.25, -0.2) is 9.59 Å². The molecule has 24 heavy (non-hydrogen) atoms. The van der Waals surface area contributed by atoms with Crippen LogP contribution in [0.25, 0.3) is 16.5 Å². The van der Waals surface area contributed by atoms with E-state index >= 15 is 0 Å². The molecule has 0 bridgehead atoms. The van der Waals surface area contributed by atoms with Crippen LogP contribution in [0.4, 0.5) is 0 Å². The van der Waals surface area contributed by atoms with Crippen LogP contribution in [0.1, 0.15) is 37.9 Å². The molecule has 6 nitrogen and oxygen atoms in total. The number of rotatable bonds is 4. The fraction of sp³-hybridized carbons (Fsp3) is 0.333. The van der Waals surface area contributed by atoms with Crippen molar-refractivity contribution in [3.05, 3.63) is 41.7 Å². The van der Waals surface area contributed by atoms with Crippen molar-refractivity contribution in [1.82, 2.24) is 10.3 Å². The maximum Gasteiger partial charge on any atom is 0.339 e. The van der Waals surface area contributed by atoms with Gasteiger partial charge in [-0.1, -0.05) is 32.0 Å². The summed E-state index contributed by atoms with van der Waals surface area (Å²) in [5.74, 6) is -2.08. The van der Waals surface area contributed by atoms with Gasteiger partial charge in [0.05, 0.1) is 11.3 Å². The summed E-state index contributed by atoms with van der Waals surface area (Å²) in [7, 11) is 0. The molecule has 1 aliphatic rings. The molecule has 1 atom stereocenters. The number of aromatic amines is 1. The minimum atomic E-state index is -1.09. The van der Waals surface area contributed by atoms with Gasteiger partial charge >= 0.3 is 11.9 Å². The zero-order valence-electron chi connectivity index (χ0n) is 13.6. The number of nitrogens with one attached hydrogen (secondary N) is 2. The van der Waals surface area contributed by atoms with Gasteiger partial charge < -0.3 is 20.5 Å². The number of carbonyl (C=O) groups is 2. The summed E-state index contributed by atoms with van der Waals surface area (Å²) in [6.45, 7) is 3.89. The summed E-state index contributed by atoms with van der Waals surface area (Å²) in [4.78, 5) is 26.9. The van der Waals surface area contributed by atoms with E-state index in [0.717, 1.165) is 16.5 Å². The lowest BCUT2D eigenvalue weighted by Gasteiger charge is -2.37. The Morgan fingerprint density at radius 2 is 1.83 bits per heavy atom. The molecule has 126 valence electrons. The molecule has 2 aromatic rings. The van der Waals surface area contributed by atoms with Crippen LogP contribution in [0.2, 0.25) is 0 Å². The highest BCUT2D eigenvalue weighted by Gasteiger charge is 2.47. The van der Waals surface area contributed by atoms with E-state index in [9.17, 15) is 19.8 Å². The maximum atomic E-state index is 11.9. The van der Waals surface area contributed by atoms with Crippen molar-refractivity contribution in [2.24, 2.45) is 0 Å². The summed E-state index contributed by atoms with van der Waals surface area (Å²) < 4.78 is 0. The van der Waals surface area contributed by atoms with Crippen molar-refractivity contribution in [2.75, 3.05) is 0 Å². The quantitative estimate of drug-likeness (QED) is 0.691. The second kappa shape index (κ2) is 5.70. The molecule has 0 radical (unpaired) electrons. The van der Waals surface area contributed by atoms with E-state index in [1.54, 1.807) is 0 Å². The molecule has 0 aliphatic carbocycles. The van der Waals surface area contributed by atoms with Gasteiger partial charge in [0.2, 0.25) is 0 Å². The van der Waals surface area contributed by atoms with Crippen LogP contribution < -0.4 is 5.32 Å². The fourth-order valence-corrected chi connectivity index (χ4v) is 3.89. The van der Waals surface area contributed by atoms with Crippen molar-refractivity contribution in [3.63, 3.8) is 0 Å². The lowest BCUT2D eigenvalue weighted by atomic mass is 9.69. The summed E-state index contributed by atoms with van der Waals surface area (Å²) in [6, 6.07) is 6.64. The van der Waals surface area contributed by atoms with E-state index in [2.05, 4.69) is 10.3 Å². The molecule has 4 N–H and O–H groups in total. The second-order valence-corrected chi connectivity index (χ2v) is 6.08. The first-order chi connectivity index (χ1) is 11.5. The summed E-state index contributed by atoms with van der Waals surface area (Å²) in [5, 5.41) is 23.1. The van der Waals surface area contributed by atoms with Gasteiger partial charge in [-0.15, -0.1) is 0 Å². The Morgan fingerprint density at radius 3 is 2.42 bits per heavy atom. The van der Waals surface area contributed by atoms with E-state index < -0.39 is 23.4 Å². The number of aromatic nitrogens is 1. The molecule has 3 rings (SSSR count). The molecule has 0 saturated heterocycles. The number of H-pyrrole nitrogens is 1. The van der Waals surface area contributed by atoms with E-state index in [4.69, 9.17) is 0 Å². The predicted octanol–water partition coefficient (Wildman–Crippen LogP) is 2.71. The Bertz CT molecular complexity index is 846. The van der Waals surface area contributed by atoms with Crippen molar-refractivity contribution in [1.29, 1.82) is 0 Å². The highest BCUT2D eigenvalue weighted by atomic mass is 16.4. The number of carboxylic acid groups (broad SMARTS) is 2. The van der Waals surface area contributed by atoms with Gasteiger partial charge in [0.1, 0.15) is 6.04 Å². The van der Waals surface area contributed by atoms with Crippen molar-refractivity contribution in [2.45, 2.75) is 38.1 Å². The molecule has 0 amide bonds. The van der Waals surface area contributed by atoms with Gasteiger partial charge in [-0.2, -0.15) is 0 Å². The number of hydrogen-bond donors (Lipinski definition) is 4. The third-order valence-corrected chi connectivity index (χ3v) is 5.16. The van der Waals surface area contributed by atoms with Crippen LogP contribution in [0.3, 0.4) is 0 Å². The normalized spacial score (nSPS) is 19.1. The number of para-hydroxylation sites is 1. The lowest BCUT2D eigenvalue weighted by Crippen LogP contribution is -2.50. The number of carboxylic acids is 2. The first kappa shape index (κ1) is 16.1. The third-order valence-electron chi connectivity index (χ3n) is 5.16. The van der Waals surface area contributed by atoms with Crippen molar-refractivity contribution < 1.29 is 19.8 Å². The molecule has 2 heterocycles. The Morgan fingerprint density at radius 1 is 1.17 bits per heavy atom.